The van der Waals surface area contributed by atoms with Crippen LogP contribution in [-0.2, 0) is 9.53 Å². The first-order valence-electron chi connectivity index (χ1n) is 11.0. The first-order valence-corrected chi connectivity index (χ1v) is 11.0. The van der Waals surface area contributed by atoms with Gasteiger partial charge in [0, 0.05) is 19.6 Å². The Kier molecular flexibility index (Phi) is 14.1. The van der Waals surface area contributed by atoms with Gasteiger partial charge in [-0.3, -0.25) is 4.79 Å². The van der Waals surface area contributed by atoms with Crippen molar-refractivity contribution in [3.8, 4) is 0 Å². The summed E-state index contributed by atoms with van der Waals surface area (Å²) in [4.78, 5) is 10.9. The number of unbranched alkanes of at least 4 members (excludes halogenated alkanes) is 11. The summed E-state index contributed by atoms with van der Waals surface area (Å²) in [5, 5.41) is 8.95. The van der Waals surface area contributed by atoms with Gasteiger partial charge in [0.05, 0.1) is 0 Å². The Balaban J connectivity index is 1.76. The molecule has 0 aromatic heterocycles. The smallest absolute Gasteiger partial charge is 0.303 e. The van der Waals surface area contributed by atoms with Gasteiger partial charge in [-0.2, -0.15) is 0 Å². The van der Waals surface area contributed by atoms with Crippen molar-refractivity contribution in [2.45, 2.75) is 110 Å². The van der Waals surface area contributed by atoms with Crippen LogP contribution in [0.2, 0.25) is 0 Å². The largest absolute Gasteiger partial charge is 0.481 e. The average Bonchev–Trinajstić information content (AvgIpc) is 3.42. The highest BCUT2D eigenvalue weighted by Crippen LogP contribution is 2.40. The van der Waals surface area contributed by atoms with Crippen LogP contribution < -0.4 is 0 Å². The van der Waals surface area contributed by atoms with Crippen LogP contribution in [-0.4, -0.2) is 24.3 Å². The van der Waals surface area contributed by atoms with Crippen LogP contribution in [0.1, 0.15) is 110 Å². The van der Waals surface area contributed by atoms with Gasteiger partial charge in [-0.25, -0.2) is 0 Å². The van der Waals surface area contributed by atoms with Gasteiger partial charge in [0.1, 0.15) is 0 Å². The Hall–Kier alpha value is -0.570. The second-order valence-corrected chi connectivity index (χ2v) is 7.99. The highest BCUT2D eigenvalue weighted by Gasteiger charge is 2.32. The van der Waals surface area contributed by atoms with Crippen molar-refractivity contribution in [1.29, 1.82) is 0 Å². The molecule has 0 aliphatic heterocycles. The standard InChI is InChI=1S/C22H42O3/c1-2-3-4-5-6-7-8-9-10-11-12-13-17-25-18-16-21(19-22(23)24)20-14-15-20/h20-21H,2-19H2,1H3,(H,23,24). The second kappa shape index (κ2) is 15.7. The number of carboxylic acids is 1. The molecule has 0 aromatic carbocycles. The van der Waals surface area contributed by atoms with Gasteiger partial charge in [-0.1, -0.05) is 77.6 Å². The van der Waals surface area contributed by atoms with Crippen LogP contribution >= 0.6 is 0 Å². The molecule has 1 aliphatic carbocycles. The van der Waals surface area contributed by atoms with Gasteiger partial charge in [0.2, 0.25) is 0 Å². The number of rotatable bonds is 19. The third kappa shape index (κ3) is 14.3. The van der Waals surface area contributed by atoms with Crippen LogP contribution in [0.4, 0.5) is 0 Å². The minimum Gasteiger partial charge on any atom is -0.481 e. The number of carbonyl (C=O) groups is 1. The third-order valence-corrected chi connectivity index (χ3v) is 5.50. The fraction of sp³-hybridized carbons (Fsp3) is 0.955. The topological polar surface area (TPSA) is 46.5 Å². The monoisotopic (exact) mass is 354 g/mol. The molecule has 0 spiro atoms. The van der Waals surface area contributed by atoms with E-state index < -0.39 is 5.97 Å². The minimum absolute atomic E-state index is 0.326. The fourth-order valence-electron chi connectivity index (χ4n) is 3.68. The number of ether oxygens (including phenoxy) is 1. The maximum absolute atomic E-state index is 10.9. The first-order chi connectivity index (χ1) is 12.2. The van der Waals surface area contributed by atoms with E-state index in [0.717, 1.165) is 26.1 Å². The van der Waals surface area contributed by atoms with E-state index in [1.54, 1.807) is 0 Å². The van der Waals surface area contributed by atoms with E-state index in [2.05, 4.69) is 6.92 Å². The number of hydrogen-bond acceptors (Lipinski definition) is 2. The molecule has 1 aliphatic rings. The SMILES string of the molecule is CCCCCCCCCCCCCCOCCC(CC(=O)O)C1CC1. The van der Waals surface area contributed by atoms with Gasteiger partial charge < -0.3 is 9.84 Å². The molecule has 1 saturated carbocycles. The van der Waals surface area contributed by atoms with E-state index in [1.807, 2.05) is 0 Å². The van der Waals surface area contributed by atoms with E-state index in [4.69, 9.17) is 9.84 Å². The molecule has 0 amide bonds. The summed E-state index contributed by atoms with van der Waals surface area (Å²) < 4.78 is 5.72. The normalized spacial score (nSPS) is 15.4. The molecule has 0 heterocycles. The van der Waals surface area contributed by atoms with E-state index >= 15 is 0 Å². The molecule has 25 heavy (non-hydrogen) atoms. The maximum Gasteiger partial charge on any atom is 0.303 e. The molecule has 0 saturated heterocycles. The van der Waals surface area contributed by atoms with Crippen LogP contribution in [0, 0.1) is 11.8 Å². The van der Waals surface area contributed by atoms with Crippen molar-refractivity contribution in [2.24, 2.45) is 11.8 Å². The lowest BCUT2D eigenvalue weighted by Gasteiger charge is -2.13. The van der Waals surface area contributed by atoms with Crippen LogP contribution in [0.3, 0.4) is 0 Å². The lowest BCUT2D eigenvalue weighted by molar-refractivity contribution is -0.138. The molecule has 0 bridgehead atoms. The molecule has 1 atom stereocenters. The summed E-state index contributed by atoms with van der Waals surface area (Å²) in [5.41, 5.74) is 0. The molecule has 0 aromatic rings. The zero-order chi connectivity index (χ0) is 18.2. The summed E-state index contributed by atoms with van der Waals surface area (Å²) in [6.07, 6.45) is 20.1. The minimum atomic E-state index is -0.655. The van der Waals surface area contributed by atoms with Gasteiger partial charge in [-0.15, -0.1) is 0 Å². The van der Waals surface area contributed by atoms with E-state index in [9.17, 15) is 4.79 Å². The predicted molar refractivity (Wildman–Crippen MR) is 105 cm³/mol. The number of carboxylic acid groups (broad SMARTS) is 1. The Morgan fingerprint density at radius 2 is 1.40 bits per heavy atom. The van der Waals surface area contributed by atoms with Crippen LogP contribution in [0.25, 0.3) is 0 Å². The zero-order valence-electron chi connectivity index (χ0n) is 16.6. The summed E-state index contributed by atoms with van der Waals surface area (Å²) >= 11 is 0. The summed E-state index contributed by atoms with van der Waals surface area (Å²) in [5.74, 6) is 0.351. The molecule has 3 heteroatoms. The highest BCUT2D eigenvalue weighted by molar-refractivity contribution is 5.67. The lowest BCUT2D eigenvalue weighted by atomic mass is 9.96. The molecular weight excluding hydrogens is 312 g/mol. The summed E-state index contributed by atoms with van der Waals surface area (Å²) in [6.45, 7) is 3.86. The van der Waals surface area contributed by atoms with Crippen molar-refractivity contribution < 1.29 is 14.6 Å². The molecule has 1 unspecified atom stereocenters. The van der Waals surface area contributed by atoms with Crippen molar-refractivity contribution >= 4 is 5.97 Å². The van der Waals surface area contributed by atoms with Crippen molar-refractivity contribution in [2.75, 3.05) is 13.2 Å². The summed E-state index contributed by atoms with van der Waals surface area (Å²) in [6, 6.07) is 0. The van der Waals surface area contributed by atoms with Gasteiger partial charge in [-0.05, 0) is 37.5 Å². The molecule has 148 valence electrons. The highest BCUT2D eigenvalue weighted by atomic mass is 16.5. The van der Waals surface area contributed by atoms with Gasteiger partial charge >= 0.3 is 5.97 Å². The van der Waals surface area contributed by atoms with E-state index in [-0.39, 0.29) is 0 Å². The molecule has 0 radical (unpaired) electrons. The van der Waals surface area contributed by atoms with Gasteiger partial charge in [0.25, 0.3) is 0 Å². The van der Waals surface area contributed by atoms with Crippen molar-refractivity contribution in [3.05, 3.63) is 0 Å². The number of aliphatic carboxylic acids is 1. The molecule has 1 N–H and O–H groups in total. The van der Waals surface area contributed by atoms with E-state index in [0.29, 0.717) is 18.3 Å². The average molecular weight is 355 g/mol. The molecule has 3 nitrogen and oxygen atoms in total. The zero-order valence-corrected chi connectivity index (χ0v) is 16.6. The molecule has 1 fully saturated rings. The quantitative estimate of drug-likeness (QED) is 0.266. The first kappa shape index (κ1) is 22.5. The van der Waals surface area contributed by atoms with Crippen molar-refractivity contribution in [1.82, 2.24) is 0 Å². The van der Waals surface area contributed by atoms with Crippen LogP contribution in [0.15, 0.2) is 0 Å². The predicted octanol–water partition coefficient (Wildman–Crippen LogP) is 6.60. The second-order valence-electron chi connectivity index (χ2n) is 7.99. The van der Waals surface area contributed by atoms with Gasteiger partial charge in [0.15, 0.2) is 0 Å². The fourth-order valence-corrected chi connectivity index (χ4v) is 3.68. The maximum atomic E-state index is 10.9. The van der Waals surface area contributed by atoms with E-state index in [1.165, 1.54) is 83.5 Å². The summed E-state index contributed by atoms with van der Waals surface area (Å²) in [7, 11) is 0. The Morgan fingerprint density at radius 3 is 1.88 bits per heavy atom. The Morgan fingerprint density at radius 1 is 0.880 bits per heavy atom. The lowest BCUT2D eigenvalue weighted by Crippen LogP contribution is -2.13. The number of hydrogen-bond donors (Lipinski definition) is 1. The molecular formula is C22H42O3. The third-order valence-electron chi connectivity index (χ3n) is 5.50. The van der Waals surface area contributed by atoms with Crippen LogP contribution in [0.5, 0.6) is 0 Å². The Labute approximate surface area is 155 Å². The molecule has 1 rings (SSSR count). The van der Waals surface area contributed by atoms with Crippen molar-refractivity contribution in [3.63, 3.8) is 0 Å². The Bertz CT molecular complexity index is 312.